The van der Waals surface area contributed by atoms with Gasteiger partial charge in [-0.25, -0.2) is 18.4 Å². The molecule has 8 nitrogen and oxygen atoms in total. The quantitative estimate of drug-likeness (QED) is 0.354. The number of benzene rings is 1. The number of likely N-dealkylation sites (tertiary alicyclic amines) is 1. The third-order valence-electron chi connectivity index (χ3n) is 7.82. The van der Waals surface area contributed by atoms with Crippen LogP contribution in [0.15, 0.2) is 18.2 Å². The van der Waals surface area contributed by atoms with Crippen LogP contribution in [-0.2, 0) is 9.47 Å². The summed E-state index contributed by atoms with van der Waals surface area (Å²) in [5.74, 6) is -1.52. The summed E-state index contributed by atoms with van der Waals surface area (Å²) >= 11 is 0. The molecule has 0 aromatic heterocycles. The van der Waals surface area contributed by atoms with Gasteiger partial charge in [0.1, 0.15) is 11.6 Å². The zero-order chi connectivity index (χ0) is 27.5. The highest BCUT2D eigenvalue weighted by Crippen LogP contribution is 2.39. The Labute approximate surface area is 225 Å². The molecule has 10 heteroatoms. The molecule has 2 fully saturated rings. The standard InChI is InChI=1S/C28H44F2N4O4/c1-28(9-5-4-6-10-28)17-24(18-31-2)33-26(35)34-12-7-8-20(19-34)25(38-13-11-32-27(36)37-3)21-14-22(29)16-23(30)15-21/h14-16,20,24-25,31H,4-13,17-19H2,1-3H3,(H,32,36)(H,33,35)/t20-,24-,25?/m1/s1. The Morgan fingerprint density at radius 3 is 2.50 bits per heavy atom. The molecule has 214 valence electrons. The van der Waals surface area contributed by atoms with Crippen molar-refractivity contribution in [2.75, 3.05) is 46.9 Å². The molecule has 1 unspecified atom stereocenters. The van der Waals surface area contributed by atoms with Gasteiger partial charge in [0.25, 0.3) is 0 Å². The maximum atomic E-state index is 14.1. The Hall–Kier alpha value is -2.46. The Morgan fingerprint density at radius 1 is 1.13 bits per heavy atom. The molecule has 1 aliphatic carbocycles. The molecule has 1 aromatic carbocycles. The van der Waals surface area contributed by atoms with Gasteiger partial charge in [-0.2, -0.15) is 0 Å². The second-order valence-electron chi connectivity index (χ2n) is 11.0. The predicted octanol–water partition coefficient (Wildman–Crippen LogP) is 4.75. The van der Waals surface area contributed by atoms with Crippen LogP contribution >= 0.6 is 0 Å². The molecule has 1 saturated carbocycles. The van der Waals surface area contributed by atoms with Gasteiger partial charge in [0.15, 0.2) is 0 Å². The first-order valence-corrected chi connectivity index (χ1v) is 13.8. The molecule has 0 spiro atoms. The lowest BCUT2D eigenvalue weighted by molar-refractivity contribution is -0.00902. The number of ether oxygens (including phenoxy) is 2. The van der Waals surface area contributed by atoms with Gasteiger partial charge in [-0.1, -0.05) is 26.2 Å². The Morgan fingerprint density at radius 2 is 1.84 bits per heavy atom. The van der Waals surface area contributed by atoms with Crippen molar-refractivity contribution in [2.45, 2.75) is 70.4 Å². The first-order chi connectivity index (χ1) is 18.2. The second-order valence-corrected chi connectivity index (χ2v) is 11.0. The number of rotatable bonds is 11. The van der Waals surface area contributed by atoms with Crippen LogP contribution in [0.1, 0.15) is 70.0 Å². The van der Waals surface area contributed by atoms with E-state index in [-0.39, 0.29) is 36.6 Å². The number of urea groups is 1. The minimum atomic E-state index is -0.683. The molecule has 3 rings (SSSR count). The van der Waals surface area contributed by atoms with Crippen LogP contribution in [0.25, 0.3) is 0 Å². The number of piperidine rings is 1. The Balaban J connectivity index is 1.67. The lowest BCUT2D eigenvalue weighted by Crippen LogP contribution is -2.52. The third-order valence-corrected chi connectivity index (χ3v) is 7.82. The van der Waals surface area contributed by atoms with E-state index < -0.39 is 23.8 Å². The van der Waals surface area contributed by atoms with Crippen LogP contribution in [0.5, 0.6) is 0 Å². The number of nitrogens with zero attached hydrogens (tertiary/aromatic N) is 1. The molecule has 1 aliphatic heterocycles. The normalized spacial score (nSPS) is 20.9. The van der Waals surface area contributed by atoms with Gasteiger partial charge in [-0.3, -0.25) is 0 Å². The third kappa shape index (κ3) is 9.08. The molecule has 2 aliphatic rings. The van der Waals surface area contributed by atoms with E-state index in [0.717, 1.165) is 25.3 Å². The molecule has 3 amide bonds. The van der Waals surface area contributed by atoms with Crippen LogP contribution in [0.2, 0.25) is 0 Å². The van der Waals surface area contributed by atoms with Crippen molar-refractivity contribution in [1.82, 2.24) is 20.9 Å². The molecular formula is C28H44F2N4O4. The number of alkyl carbamates (subject to hydrolysis) is 1. The van der Waals surface area contributed by atoms with E-state index in [4.69, 9.17) is 4.74 Å². The van der Waals surface area contributed by atoms with Crippen LogP contribution in [-0.4, -0.2) is 70.0 Å². The number of likely N-dealkylation sites (N-methyl/N-ethyl adjacent to an activating group) is 1. The van der Waals surface area contributed by atoms with E-state index in [1.54, 1.807) is 4.90 Å². The topological polar surface area (TPSA) is 91.9 Å². The molecule has 38 heavy (non-hydrogen) atoms. The number of hydrogen-bond donors (Lipinski definition) is 3. The van der Waals surface area contributed by atoms with Crippen molar-refractivity contribution in [3.8, 4) is 0 Å². The lowest BCUT2D eigenvalue weighted by Gasteiger charge is -2.39. The zero-order valence-corrected chi connectivity index (χ0v) is 23.0. The molecule has 1 saturated heterocycles. The number of carbonyl (C=O) groups excluding carboxylic acids is 2. The second kappa shape index (κ2) is 14.6. The Kier molecular flexibility index (Phi) is 11.6. The van der Waals surface area contributed by atoms with Crippen molar-refractivity contribution in [1.29, 1.82) is 0 Å². The fraction of sp³-hybridized carbons (Fsp3) is 0.714. The van der Waals surface area contributed by atoms with Gasteiger partial charge >= 0.3 is 12.1 Å². The van der Waals surface area contributed by atoms with Crippen molar-refractivity contribution >= 4 is 12.1 Å². The molecule has 0 bridgehead atoms. The van der Waals surface area contributed by atoms with Crippen molar-refractivity contribution < 1.29 is 27.8 Å². The highest BCUT2D eigenvalue weighted by molar-refractivity contribution is 5.74. The van der Waals surface area contributed by atoms with E-state index in [9.17, 15) is 18.4 Å². The first kappa shape index (κ1) is 30.1. The maximum absolute atomic E-state index is 14.1. The summed E-state index contributed by atoms with van der Waals surface area (Å²) in [6, 6.07) is 3.27. The number of hydrogen-bond acceptors (Lipinski definition) is 5. The molecule has 1 aromatic rings. The summed E-state index contributed by atoms with van der Waals surface area (Å²) in [6.45, 7) is 4.35. The van der Waals surface area contributed by atoms with E-state index in [1.165, 1.54) is 51.3 Å². The monoisotopic (exact) mass is 538 g/mol. The predicted molar refractivity (Wildman–Crippen MR) is 142 cm³/mol. The van der Waals surface area contributed by atoms with E-state index in [2.05, 4.69) is 27.6 Å². The zero-order valence-electron chi connectivity index (χ0n) is 23.0. The molecule has 3 N–H and O–H groups in total. The van der Waals surface area contributed by atoms with Gasteiger partial charge in [-0.15, -0.1) is 0 Å². The summed E-state index contributed by atoms with van der Waals surface area (Å²) in [5.41, 5.74) is 0.613. The van der Waals surface area contributed by atoms with E-state index in [1.807, 2.05) is 7.05 Å². The first-order valence-electron chi connectivity index (χ1n) is 13.8. The van der Waals surface area contributed by atoms with Crippen LogP contribution in [0.4, 0.5) is 18.4 Å². The molecule has 3 atom stereocenters. The number of methoxy groups -OCH3 is 1. The van der Waals surface area contributed by atoms with Gasteiger partial charge < -0.3 is 30.3 Å². The van der Waals surface area contributed by atoms with Gasteiger partial charge in [0.05, 0.1) is 19.8 Å². The summed E-state index contributed by atoms with van der Waals surface area (Å²) in [5, 5.41) is 9.02. The average molecular weight is 539 g/mol. The fourth-order valence-corrected chi connectivity index (χ4v) is 5.99. The highest BCUT2D eigenvalue weighted by atomic mass is 19.1. The smallest absolute Gasteiger partial charge is 0.406 e. The minimum absolute atomic E-state index is 0.0183. The molecular weight excluding hydrogens is 494 g/mol. The van der Waals surface area contributed by atoms with Gasteiger partial charge in [0, 0.05) is 44.2 Å². The summed E-state index contributed by atoms with van der Waals surface area (Å²) in [4.78, 5) is 26.5. The summed E-state index contributed by atoms with van der Waals surface area (Å²) < 4.78 is 38.8. The Bertz CT molecular complexity index is 893. The van der Waals surface area contributed by atoms with Crippen molar-refractivity contribution in [2.24, 2.45) is 11.3 Å². The summed E-state index contributed by atoms with van der Waals surface area (Å²) in [6.07, 6.45) is 7.34. The summed E-state index contributed by atoms with van der Waals surface area (Å²) in [7, 11) is 3.17. The van der Waals surface area contributed by atoms with E-state index >= 15 is 0 Å². The minimum Gasteiger partial charge on any atom is -0.453 e. The van der Waals surface area contributed by atoms with E-state index in [0.29, 0.717) is 25.2 Å². The lowest BCUT2D eigenvalue weighted by atomic mass is 9.72. The van der Waals surface area contributed by atoms with Gasteiger partial charge in [0.2, 0.25) is 0 Å². The molecule has 1 heterocycles. The van der Waals surface area contributed by atoms with Crippen molar-refractivity contribution in [3.63, 3.8) is 0 Å². The fourth-order valence-electron chi connectivity index (χ4n) is 5.99. The highest BCUT2D eigenvalue weighted by Gasteiger charge is 2.34. The van der Waals surface area contributed by atoms with Crippen LogP contribution < -0.4 is 16.0 Å². The van der Waals surface area contributed by atoms with Crippen LogP contribution in [0.3, 0.4) is 0 Å². The number of nitrogens with one attached hydrogen (secondary N) is 3. The van der Waals surface area contributed by atoms with Gasteiger partial charge in [-0.05, 0) is 62.3 Å². The maximum Gasteiger partial charge on any atom is 0.406 e. The SMILES string of the molecule is CNC[C@@H](CC1(C)CCCCC1)NC(=O)N1CCC[C@@H](C(OCCNC(=O)OC)c2cc(F)cc(F)c2)C1. The number of carbonyl (C=O) groups is 2. The number of halogens is 2. The van der Waals surface area contributed by atoms with Crippen LogP contribution in [0, 0.1) is 23.0 Å². The largest absolute Gasteiger partial charge is 0.453 e. The van der Waals surface area contributed by atoms with Crippen molar-refractivity contribution in [3.05, 3.63) is 35.4 Å². The molecule has 0 radical (unpaired) electrons. The number of amides is 3. The average Bonchev–Trinajstić information content (AvgIpc) is 2.88.